The Labute approximate surface area is 117 Å². The zero-order valence-corrected chi connectivity index (χ0v) is 11.6. The maximum atomic E-state index is 12.4. The summed E-state index contributed by atoms with van der Waals surface area (Å²) >= 11 is 0. The molecule has 7 heteroatoms. The van der Waals surface area contributed by atoms with Gasteiger partial charge in [0.15, 0.2) is 0 Å². The van der Waals surface area contributed by atoms with Gasteiger partial charge < -0.3 is 20.7 Å². The van der Waals surface area contributed by atoms with Crippen molar-refractivity contribution in [3.05, 3.63) is 0 Å². The molecule has 2 rings (SSSR count). The molecule has 0 bridgehead atoms. The van der Waals surface area contributed by atoms with Crippen molar-refractivity contribution < 1.29 is 19.1 Å². The number of amides is 3. The van der Waals surface area contributed by atoms with Crippen molar-refractivity contribution in [2.24, 2.45) is 11.7 Å². The highest BCUT2D eigenvalue weighted by Crippen LogP contribution is 2.29. The lowest BCUT2D eigenvalue weighted by molar-refractivity contribution is -0.145. The van der Waals surface area contributed by atoms with Gasteiger partial charge in [-0.1, -0.05) is 0 Å². The molecule has 1 aliphatic carbocycles. The number of Topliss-reactive ketones (excluding diaryl/α,β-unsaturated/α-hetero) is 1. The van der Waals surface area contributed by atoms with Gasteiger partial charge in [0.25, 0.3) is 0 Å². The molecular weight excluding hydrogens is 262 g/mol. The smallest absolute Gasteiger partial charge is 0.312 e. The highest BCUT2D eigenvalue weighted by molar-refractivity contribution is 5.88. The number of rotatable bonds is 3. The van der Waals surface area contributed by atoms with E-state index in [4.69, 9.17) is 10.5 Å². The van der Waals surface area contributed by atoms with Gasteiger partial charge in [0, 0.05) is 18.9 Å². The fraction of sp³-hybridized carbons (Fsp3) is 0.769. The Bertz CT molecular complexity index is 412. The van der Waals surface area contributed by atoms with Crippen LogP contribution in [0.5, 0.6) is 0 Å². The van der Waals surface area contributed by atoms with Crippen molar-refractivity contribution in [2.45, 2.75) is 38.3 Å². The van der Waals surface area contributed by atoms with Crippen LogP contribution >= 0.6 is 0 Å². The molecule has 3 amide bonds. The summed E-state index contributed by atoms with van der Waals surface area (Å²) in [6.45, 7) is 2.87. The minimum Gasteiger partial charge on any atom is -0.377 e. The minimum absolute atomic E-state index is 0.139. The molecule has 1 heterocycles. The fourth-order valence-electron chi connectivity index (χ4n) is 3.00. The molecule has 3 atom stereocenters. The molecule has 0 aromatic heterocycles. The van der Waals surface area contributed by atoms with Gasteiger partial charge in [-0.2, -0.15) is 0 Å². The summed E-state index contributed by atoms with van der Waals surface area (Å²) in [4.78, 5) is 36.8. The van der Waals surface area contributed by atoms with Crippen LogP contribution in [0.3, 0.4) is 0 Å². The predicted molar refractivity (Wildman–Crippen MR) is 70.8 cm³/mol. The molecule has 3 N–H and O–H groups in total. The number of ketones is 1. The minimum atomic E-state index is -0.729. The summed E-state index contributed by atoms with van der Waals surface area (Å²) < 4.78 is 5.43. The average Bonchev–Trinajstić information content (AvgIpc) is 2.83. The number of nitrogens with zero attached hydrogens (tertiary/aromatic N) is 1. The number of ether oxygens (including phenoxy) is 1. The molecule has 20 heavy (non-hydrogen) atoms. The summed E-state index contributed by atoms with van der Waals surface area (Å²) in [6.07, 6.45) is 2.25. The molecule has 0 radical (unpaired) electrons. The Balaban J connectivity index is 2.08. The number of urea groups is 1. The number of carbonyl (C=O) groups is 3. The maximum Gasteiger partial charge on any atom is 0.312 e. The standard InChI is InChI=1S/C13H21N3O4/c1-8(15-13(14)19)12(18)16-5-6-20-7-10(16)9-3-2-4-11(9)17/h8-10H,2-7H2,1H3,(H3,14,15,19)/t8-,9?,10?/m0/s1. The predicted octanol–water partition coefficient (Wildman–Crippen LogP) is -0.360. The van der Waals surface area contributed by atoms with Gasteiger partial charge in [-0.3, -0.25) is 9.59 Å². The number of hydrogen-bond donors (Lipinski definition) is 2. The van der Waals surface area contributed by atoms with E-state index in [-0.39, 0.29) is 23.7 Å². The molecule has 1 aliphatic heterocycles. The lowest BCUT2D eigenvalue weighted by Gasteiger charge is -2.39. The third-order valence-corrected chi connectivity index (χ3v) is 3.99. The van der Waals surface area contributed by atoms with Crippen LogP contribution in [0.4, 0.5) is 4.79 Å². The summed E-state index contributed by atoms with van der Waals surface area (Å²) in [7, 11) is 0. The second-order valence-corrected chi connectivity index (χ2v) is 5.37. The van der Waals surface area contributed by atoms with Crippen molar-refractivity contribution in [1.82, 2.24) is 10.2 Å². The van der Waals surface area contributed by atoms with E-state index in [1.54, 1.807) is 11.8 Å². The van der Waals surface area contributed by atoms with Crippen LogP contribution in [-0.2, 0) is 14.3 Å². The van der Waals surface area contributed by atoms with Gasteiger partial charge in [0.1, 0.15) is 11.8 Å². The van der Waals surface area contributed by atoms with Crippen LogP contribution in [0.1, 0.15) is 26.2 Å². The third-order valence-electron chi connectivity index (χ3n) is 3.99. The molecule has 2 fully saturated rings. The van der Waals surface area contributed by atoms with E-state index in [0.29, 0.717) is 26.2 Å². The lowest BCUT2D eigenvalue weighted by Crippen LogP contribution is -2.58. The Morgan fingerprint density at radius 3 is 2.85 bits per heavy atom. The van der Waals surface area contributed by atoms with E-state index >= 15 is 0 Å². The molecule has 0 aromatic carbocycles. The Morgan fingerprint density at radius 2 is 2.25 bits per heavy atom. The average molecular weight is 283 g/mol. The normalized spacial score (nSPS) is 28.2. The van der Waals surface area contributed by atoms with Crippen molar-refractivity contribution in [2.75, 3.05) is 19.8 Å². The summed E-state index contributed by atoms with van der Waals surface area (Å²) in [5.74, 6) is -0.148. The molecule has 0 aromatic rings. The van der Waals surface area contributed by atoms with Gasteiger partial charge >= 0.3 is 6.03 Å². The molecule has 1 saturated heterocycles. The first-order valence-electron chi connectivity index (χ1n) is 6.97. The number of nitrogens with one attached hydrogen (secondary N) is 1. The number of morpholine rings is 1. The molecule has 7 nitrogen and oxygen atoms in total. The van der Waals surface area contributed by atoms with E-state index < -0.39 is 12.1 Å². The number of nitrogens with two attached hydrogens (primary N) is 1. The van der Waals surface area contributed by atoms with Crippen molar-refractivity contribution in [3.8, 4) is 0 Å². The Hall–Kier alpha value is -1.63. The molecule has 0 spiro atoms. The van der Waals surface area contributed by atoms with E-state index in [1.807, 2.05) is 0 Å². The van der Waals surface area contributed by atoms with Crippen LogP contribution in [0, 0.1) is 5.92 Å². The highest BCUT2D eigenvalue weighted by atomic mass is 16.5. The first-order valence-corrected chi connectivity index (χ1v) is 6.97. The lowest BCUT2D eigenvalue weighted by atomic mass is 9.95. The zero-order chi connectivity index (χ0) is 14.7. The van der Waals surface area contributed by atoms with Crippen LogP contribution in [-0.4, -0.2) is 54.5 Å². The van der Waals surface area contributed by atoms with E-state index in [9.17, 15) is 14.4 Å². The van der Waals surface area contributed by atoms with E-state index in [2.05, 4.69) is 5.32 Å². The van der Waals surface area contributed by atoms with Gasteiger partial charge in [-0.15, -0.1) is 0 Å². The van der Waals surface area contributed by atoms with Gasteiger partial charge in [0.05, 0.1) is 19.3 Å². The number of carbonyl (C=O) groups excluding carboxylic acids is 3. The van der Waals surface area contributed by atoms with E-state index in [0.717, 1.165) is 12.8 Å². The molecule has 2 aliphatic rings. The quantitative estimate of drug-likeness (QED) is 0.738. The first-order chi connectivity index (χ1) is 9.50. The summed E-state index contributed by atoms with van der Waals surface area (Å²) in [6, 6.07) is -1.64. The Kier molecular flexibility index (Phi) is 4.59. The highest BCUT2D eigenvalue weighted by Gasteiger charge is 2.40. The van der Waals surface area contributed by atoms with Crippen molar-refractivity contribution >= 4 is 17.7 Å². The van der Waals surface area contributed by atoms with Crippen LogP contribution < -0.4 is 11.1 Å². The SMILES string of the molecule is C[C@H](NC(N)=O)C(=O)N1CCOCC1C1CCCC1=O. The monoisotopic (exact) mass is 283 g/mol. The number of hydrogen-bond acceptors (Lipinski definition) is 4. The van der Waals surface area contributed by atoms with E-state index in [1.165, 1.54) is 0 Å². The maximum absolute atomic E-state index is 12.4. The number of primary amides is 1. The zero-order valence-electron chi connectivity index (χ0n) is 11.6. The molecular formula is C13H21N3O4. The van der Waals surface area contributed by atoms with Gasteiger partial charge in [0.2, 0.25) is 5.91 Å². The van der Waals surface area contributed by atoms with Gasteiger partial charge in [-0.25, -0.2) is 4.79 Å². The summed E-state index contributed by atoms with van der Waals surface area (Å²) in [5.41, 5.74) is 5.04. The van der Waals surface area contributed by atoms with Crippen molar-refractivity contribution in [3.63, 3.8) is 0 Å². The molecule has 1 saturated carbocycles. The second kappa shape index (κ2) is 6.21. The molecule has 2 unspecified atom stereocenters. The fourth-order valence-corrected chi connectivity index (χ4v) is 3.00. The largest absolute Gasteiger partial charge is 0.377 e. The Morgan fingerprint density at radius 1 is 1.50 bits per heavy atom. The topological polar surface area (TPSA) is 102 Å². The second-order valence-electron chi connectivity index (χ2n) is 5.37. The molecule has 112 valence electrons. The summed E-state index contributed by atoms with van der Waals surface area (Å²) in [5, 5.41) is 2.38. The third kappa shape index (κ3) is 3.09. The first kappa shape index (κ1) is 14.8. The van der Waals surface area contributed by atoms with Crippen LogP contribution in [0.2, 0.25) is 0 Å². The van der Waals surface area contributed by atoms with Crippen molar-refractivity contribution in [1.29, 1.82) is 0 Å². The van der Waals surface area contributed by atoms with Crippen LogP contribution in [0.15, 0.2) is 0 Å². The van der Waals surface area contributed by atoms with Gasteiger partial charge in [-0.05, 0) is 19.8 Å². The van der Waals surface area contributed by atoms with Crippen LogP contribution in [0.25, 0.3) is 0 Å².